The number of rotatable bonds is 2. The topological polar surface area (TPSA) is 46.3 Å². The summed E-state index contributed by atoms with van der Waals surface area (Å²) in [5, 5.41) is 0.511. The summed E-state index contributed by atoms with van der Waals surface area (Å²) in [6, 6.07) is 7.32. The first kappa shape index (κ1) is 13.4. The number of amides is 1. The van der Waals surface area contributed by atoms with Crippen molar-refractivity contribution in [2.24, 2.45) is 11.7 Å². The van der Waals surface area contributed by atoms with E-state index < -0.39 is 0 Å². The molecular formula is C14H19ClN2O. The number of carbonyl (C=O) groups is 1. The lowest BCUT2D eigenvalue weighted by molar-refractivity contribution is 0.0533. The summed E-state index contributed by atoms with van der Waals surface area (Å²) in [5.74, 6) is 0.456. The van der Waals surface area contributed by atoms with Gasteiger partial charge in [0.05, 0.1) is 10.6 Å². The van der Waals surface area contributed by atoms with E-state index in [1.807, 2.05) is 17.0 Å². The van der Waals surface area contributed by atoms with Gasteiger partial charge in [-0.05, 0) is 30.9 Å². The van der Waals surface area contributed by atoms with Crippen LogP contribution in [-0.2, 0) is 0 Å². The molecule has 1 aliphatic rings. The van der Waals surface area contributed by atoms with E-state index in [-0.39, 0.29) is 11.9 Å². The molecule has 0 aromatic heterocycles. The van der Waals surface area contributed by atoms with Crippen LogP contribution in [0.25, 0.3) is 0 Å². The number of hydrogen-bond acceptors (Lipinski definition) is 2. The zero-order valence-electron chi connectivity index (χ0n) is 10.6. The van der Waals surface area contributed by atoms with E-state index in [9.17, 15) is 4.79 Å². The van der Waals surface area contributed by atoms with Crippen LogP contribution in [0, 0.1) is 5.92 Å². The Morgan fingerprint density at radius 1 is 1.50 bits per heavy atom. The molecule has 1 aromatic rings. The van der Waals surface area contributed by atoms with Crippen molar-refractivity contribution in [3.05, 3.63) is 34.9 Å². The maximum absolute atomic E-state index is 12.5. The van der Waals surface area contributed by atoms with Crippen molar-refractivity contribution >= 4 is 17.5 Å². The lowest BCUT2D eigenvalue weighted by atomic mass is 9.90. The summed E-state index contributed by atoms with van der Waals surface area (Å²) < 4.78 is 0. The van der Waals surface area contributed by atoms with Gasteiger partial charge in [0.2, 0.25) is 0 Å². The van der Waals surface area contributed by atoms with Gasteiger partial charge in [0, 0.05) is 19.1 Å². The minimum Gasteiger partial charge on any atom is -0.334 e. The van der Waals surface area contributed by atoms with Crippen LogP contribution in [0.3, 0.4) is 0 Å². The van der Waals surface area contributed by atoms with Gasteiger partial charge in [0.25, 0.3) is 5.91 Å². The Bertz CT molecular complexity index is 436. The van der Waals surface area contributed by atoms with Crippen molar-refractivity contribution in [2.75, 3.05) is 13.1 Å². The molecule has 1 aromatic carbocycles. The quantitative estimate of drug-likeness (QED) is 0.894. The Morgan fingerprint density at radius 3 is 2.89 bits per heavy atom. The van der Waals surface area contributed by atoms with Gasteiger partial charge in [0.15, 0.2) is 0 Å². The fraction of sp³-hybridized carbons (Fsp3) is 0.500. The van der Waals surface area contributed by atoms with Gasteiger partial charge in [-0.25, -0.2) is 0 Å². The molecule has 3 nitrogen and oxygen atoms in total. The predicted molar refractivity (Wildman–Crippen MR) is 73.7 cm³/mol. The first-order valence-corrected chi connectivity index (χ1v) is 6.78. The zero-order valence-corrected chi connectivity index (χ0v) is 11.4. The highest BCUT2D eigenvalue weighted by Crippen LogP contribution is 2.26. The molecule has 2 rings (SSSR count). The summed E-state index contributed by atoms with van der Waals surface area (Å²) in [7, 11) is 0. The third-order valence-corrected chi connectivity index (χ3v) is 4.05. The lowest BCUT2D eigenvalue weighted by Crippen LogP contribution is -2.51. The molecule has 1 saturated heterocycles. The maximum atomic E-state index is 12.5. The van der Waals surface area contributed by atoms with E-state index in [0.717, 1.165) is 19.4 Å². The smallest absolute Gasteiger partial charge is 0.255 e. The van der Waals surface area contributed by atoms with E-state index in [0.29, 0.717) is 23.0 Å². The van der Waals surface area contributed by atoms with Crippen LogP contribution in [0.5, 0.6) is 0 Å². The van der Waals surface area contributed by atoms with Crippen LogP contribution >= 0.6 is 11.6 Å². The molecule has 0 saturated carbocycles. The van der Waals surface area contributed by atoms with Gasteiger partial charge in [0.1, 0.15) is 0 Å². The number of piperidine rings is 1. The molecule has 1 aliphatic heterocycles. The minimum atomic E-state index is 0.00241. The first-order valence-electron chi connectivity index (χ1n) is 6.40. The number of likely N-dealkylation sites (tertiary alicyclic amines) is 1. The van der Waals surface area contributed by atoms with Crippen LogP contribution in [0.2, 0.25) is 5.02 Å². The number of hydrogen-bond donors (Lipinski definition) is 1. The number of nitrogens with zero attached hydrogens (tertiary/aromatic N) is 1. The molecule has 0 unspecified atom stereocenters. The number of carbonyl (C=O) groups excluding carboxylic acids is 1. The fourth-order valence-corrected chi connectivity index (χ4v) is 2.87. The average Bonchev–Trinajstić information content (AvgIpc) is 2.38. The molecular weight excluding hydrogens is 248 g/mol. The Kier molecular flexibility index (Phi) is 4.25. The van der Waals surface area contributed by atoms with Crippen molar-refractivity contribution in [2.45, 2.75) is 25.8 Å². The van der Waals surface area contributed by atoms with Crippen LogP contribution in [0.4, 0.5) is 0 Å². The highest BCUT2D eigenvalue weighted by Gasteiger charge is 2.31. The SMILES string of the molecule is C[C@@H]1CCCN(C(=O)c2ccccc2Cl)[C@@H]1CN. The highest BCUT2D eigenvalue weighted by atomic mass is 35.5. The summed E-state index contributed by atoms with van der Waals surface area (Å²) in [5.41, 5.74) is 6.39. The summed E-state index contributed by atoms with van der Waals surface area (Å²) in [6.07, 6.45) is 2.17. The van der Waals surface area contributed by atoms with Crippen LogP contribution in [-0.4, -0.2) is 29.9 Å². The Labute approximate surface area is 113 Å². The van der Waals surface area contributed by atoms with Gasteiger partial charge in [-0.2, -0.15) is 0 Å². The number of nitrogens with two attached hydrogens (primary N) is 1. The van der Waals surface area contributed by atoms with Crippen LogP contribution in [0.15, 0.2) is 24.3 Å². The second-order valence-corrected chi connectivity index (χ2v) is 5.31. The van der Waals surface area contributed by atoms with E-state index >= 15 is 0 Å². The number of halogens is 1. The normalized spacial score (nSPS) is 24.1. The minimum absolute atomic E-state index is 0.00241. The van der Waals surface area contributed by atoms with Gasteiger partial charge in [-0.1, -0.05) is 30.7 Å². The molecule has 1 fully saturated rings. The van der Waals surface area contributed by atoms with E-state index in [1.54, 1.807) is 12.1 Å². The van der Waals surface area contributed by atoms with E-state index in [1.165, 1.54) is 0 Å². The summed E-state index contributed by atoms with van der Waals surface area (Å²) in [6.45, 7) is 3.44. The molecule has 0 bridgehead atoms. The Hall–Kier alpha value is -1.06. The molecule has 0 aliphatic carbocycles. The van der Waals surface area contributed by atoms with Crippen molar-refractivity contribution in [1.29, 1.82) is 0 Å². The maximum Gasteiger partial charge on any atom is 0.255 e. The van der Waals surface area contributed by atoms with Crippen molar-refractivity contribution in [3.63, 3.8) is 0 Å². The zero-order chi connectivity index (χ0) is 13.1. The second-order valence-electron chi connectivity index (χ2n) is 4.90. The lowest BCUT2D eigenvalue weighted by Gasteiger charge is -2.39. The molecule has 1 heterocycles. The molecule has 0 spiro atoms. The molecule has 1 amide bonds. The first-order chi connectivity index (χ1) is 8.65. The largest absolute Gasteiger partial charge is 0.334 e. The molecule has 2 N–H and O–H groups in total. The molecule has 18 heavy (non-hydrogen) atoms. The third-order valence-electron chi connectivity index (χ3n) is 3.72. The summed E-state index contributed by atoms with van der Waals surface area (Å²) >= 11 is 6.09. The Balaban J connectivity index is 2.25. The standard InChI is InChI=1S/C14H19ClN2O/c1-10-5-4-8-17(13(10)9-16)14(18)11-6-2-3-7-12(11)15/h2-3,6-7,10,13H,4-5,8-9,16H2,1H3/t10-,13-/m1/s1. The highest BCUT2D eigenvalue weighted by molar-refractivity contribution is 6.33. The van der Waals surface area contributed by atoms with Crippen molar-refractivity contribution < 1.29 is 4.79 Å². The third kappa shape index (κ3) is 2.52. The van der Waals surface area contributed by atoms with Gasteiger partial charge < -0.3 is 10.6 Å². The fourth-order valence-electron chi connectivity index (χ4n) is 2.65. The molecule has 98 valence electrons. The van der Waals surface area contributed by atoms with Crippen LogP contribution in [0.1, 0.15) is 30.1 Å². The molecule has 4 heteroatoms. The van der Waals surface area contributed by atoms with Gasteiger partial charge in [-0.3, -0.25) is 4.79 Å². The monoisotopic (exact) mass is 266 g/mol. The summed E-state index contributed by atoms with van der Waals surface area (Å²) in [4.78, 5) is 14.4. The van der Waals surface area contributed by atoms with Gasteiger partial charge in [-0.15, -0.1) is 0 Å². The predicted octanol–water partition coefficient (Wildman–Crippen LogP) is 2.54. The van der Waals surface area contributed by atoms with E-state index in [4.69, 9.17) is 17.3 Å². The van der Waals surface area contributed by atoms with Crippen LogP contribution < -0.4 is 5.73 Å². The Morgan fingerprint density at radius 2 is 2.22 bits per heavy atom. The van der Waals surface area contributed by atoms with Crippen molar-refractivity contribution in [1.82, 2.24) is 4.90 Å². The van der Waals surface area contributed by atoms with Crippen molar-refractivity contribution in [3.8, 4) is 0 Å². The number of benzene rings is 1. The molecule has 0 radical (unpaired) electrons. The van der Waals surface area contributed by atoms with E-state index in [2.05, 4.69) is 6.92 Å². The molecule has 2 atom stereocenters. The van der Waals surface area contributed by atoms with Gasteiger partial charge >= 0.3 is 0 Å². The second kappa shape index (κ2) is 5.72. The average molecular weight is 267 g/mol.